The van der Waals surface area contributed by atoms with Crippen molar-refractivity contribution in [3.8, 4) is 0 Å². The van der Waals surface area contributed by atoms with E-state index in [0.29, 0.717) is 13.0 Å². The molecule has 0 spiro atoms. The Labute approximate surface area is 126 Å². The molecule has 0 saturated carbocycles. The topological polar surface area (TPSA) is 36.1 Å². The number of rotatable bonds is 4. The molecule has 2 aromatic carbocycles. The van der Waals surface area contributed by atoms with E-state index in [-0.39, 0.29) is 0 Å². The van der Waals surface area contributed by atoms with E-state index in [9.17, 15) is 13.2 Å². The highest BCUT2D eigenvalue weighted by molar-refractivity contribution is 5.78. The molecule has 22 heavy (non-hydrogen) atoms. The first kappa shape index (κ1) is 14.6. The molecule has 1 radical (unpaired) electrons. The Balaban J connectivity index is 1.55. The first-order valence-electron chi connectivity index (χ1n) is 6.91. The van der Waals surface area contributed by atoms with Crippen molar-refractivity contribution in [1.82, 2.24) is 0 Å². The Morgan fingerprint density at radius 1 is 0.909 bits per heavy atom. The van der Waals surface area contributed by atoms with E-state index in [4.69, 9.17) is 0 Å². The normalized spacial score (nSPS) is 13.2. The minimum absolute atomic E-state index is 0.613. The molecule has 3 N–H and O–H groups in total. The zero-order valence-electron chi connectivity index (χ0n) is 11.7. The van der Waals surface area contributed by atoms with Crippen LogP contribution in [0.25, 0.3) is 0 Å². The fraction of sp³-hybridized carbons (Fsp3) is 0.188. The summed E-state index contributed by atoms with van der Waals surface area (Å²) in [7, 11) is 0. The lowest BCUT2D eigenvalue weighted by atomic mass is 10.1. The number of hydrogen-bond donors (Lipinski definition) is 3. The number of nitrogens with one attached hydrogen (secondary N) is 3. The first-order valence-corrected chi connectivity index (χ1v) is 6.91. The van der Waals surface area contributed by atoms with Gasteiger partial charge in [0.15, 0.2) is 0 Å². The second kappa shape index (κ2) is 5.79. The lowest BCUT2D eigenvalue weighted by Crippen LogP contribution is -2.07. The summed E-state index contributed by atoms with van der Waals surface area (Å²) < 4.78 is 37.4. The summed E-state index contributed by atoms with van der Waals surface area (Å²) in [5, 5.41) is 9.42. The zero-order chi connectivity index (χ0) is 15.6. The average Bonchev–Trinajstić information content (AvgIpc) is 2.94. The second-order valence-corrected chi connectivity index (χ2v) is 5.06. The number of alkyl halides is 3. The number of fused-ring (bicyclic) bond motifs is 1. The molecule has 6 heteroatoms. The molecule has 1 aliphatic rings. The smallest absolute Gasteiger partial charge is 0.385 e. The molecule has 0 aromatic heterocycles. The zero-order valence-corrected chi connectivity index (χ0v) is 11.7. The third kappa shape index (κ3) is 3.27. The van der Waals surface area contributed by atoms with Crippen molar-refractivity contribution in [3.63, 3.8) is 0 Å². The average molecular weight is 306 g/mol. The molecule has 0 unspecified atom stereocenters. The van der Waals surface area contributed by atoms with Crippen LogP contribution >= 0.6 is 0 Å². The molecule has 1 heterocycles. The van der Waals surface area contributed by atoms with Crippen LogP contribution in [-0.4, -0.2) is 6.54 Å². The molecule has 0 bridgehead atoms. The van der Waals surface area contributed by atoms with Crippen LogP contribution in [0, 0.1) is 6.67 Å². The van der Waals surface area contributed by atoms with Crippen molar-refractivity contribution in [2.45, 2.75) is 12.6 Å². The Morgan fingerprint density at radius 2 is 1.64 bits per heavy atom. The van der Waals surface area contributed by atoms with Gasteiger partial charge in [-0.15, -0.1) is 0 Å². The highest BCUT2D eigenvalue weighted by Crippen LogP contribution is 2.30. The monoisotopic (exact) mass is 306 g/mol. The van der Waals surface area contributed by atoms with E-state index in [1.807, 2.05) is 18.2 Å². The summed E-state index contributed by atoms with van der Waals surface area (Å²) >= 11 is 0. The van der Waals surface area contributed by atoms with Gasteiger partial charge in [-0.3, -0.25) is 0 Å². The Hall–Kier alpha value is -2.37. The number of halogens is 3. The first-order chi connectivity index (χ1) is 10.5. The van der Waals surface area contributed by atoms with E-state index in [1.54, 1.807) is 6.67 Å². The van der Waals surface area contributed by atoms with Crippen molar-refractivity contribution >= 4 is 17.1 Å². The standard InChI is InChI=1S/C16H15F3N3/c17-16(18,19)12-3-1-11(2-4-12)7-8-20-13-5-6-14-15(9-13)22-10-21-14/h1-6,9-10,20-22H,7-8H2. The fourth-order valence-electron chi connectivity index (χ4n) is 2.30. The van der Waals surface area contributed by atoms with E-state index >= 15 is 0 Å². The maximum absolute atomic E-state index is 12.5. The van der Waals surface area contributed by atoms with Gasteiger partial charge in [0.25, 0.3) is 0 Å². The number of anilines is 3. The van der Waals surface area contributed by atoms with Crippen molar-refractivity contribution in [1.29, 1.82) is 0 Å². The molecule has 0 amide bonds. The van der Waals surface area contributed by atoms with Crippen LogP contribution in [0.3, 0.4) is 0 Å². The maximum atomic E-state index is 12.5. The molecule has 115 valence electrons. The van der Waals surface area contributed by atoms with Gasteiger partial charge in [0, 0.05) is 12.2 Å². The van der Waals surface area contributed by atoms with Crippen LogP contribution in [0.15, 0.2) is 42.5 Å². The Morgan fingerprint density at radius 3 is 2.36 bits per heavy atom. The van der Waals surface area contributed by atoms with Crippen LogP contribution in [0.4, 0.5) is 30.2 Å². The van der Waals surface area contributed by atoms with Gasteiger partial charge in [-0.05, 0) is 42.3 Å². The lowest BCUT2D eigenvalue weighted by Gasteiger charge is -2.10. The van der Waals surface area contributed by atoms with Gasteiger partial charge in [0.2, 0.25) is 0 Å². The summed E-state index contributed by atoms with van der Waals surface area (Å²) in [5.74, 6) is 0. The van der Waals surface area contributed by atoms with Gasteiger partial charge in [-0.25, -0.2) is 0 Å². The van der Waals surface area contributed by atoms with E-state index in [1.165, 1.54) is 12.1 Å². The lowest BCUT2D eigenvalue weighted by molar-refractivity contribution is -0.137. The maximum Gasteiger partial charge on any atom is 0.416 e. The Bertz CT molecular complexity index is 651. The minimum atomic E-state index is -4.28. The summed E-state index contributed by atoms with van der Waals surface area (Å²) in [4.78, 5) is 0. The van der Waals surface area contributed by atoms with E-state index in [0.717, 1.165) is 34.8 Å². The highest BCUT2D eigenvalue weighted by Gasteiger charge is 2.29. The molecular weight excluding hydrogens is 291 g/mol. The number of hydrogen-bond acceptors (Lipinski definition) is 3. The van der Waals surface area contributed by atoms with Gasteiger partial charge < -0.3 is 16.0 Å². The summed E-state index contributed by atoms with van der Waals surface area (Å²) in [5.41, 5.74) is 3.25. The molecule has 2 aromatic rings. The molecule has 0 saturated heterocycles. The van der Waals surface area contributed by atoms with Crippen LogP contribution in [0.5, 0.6) is 0 Å². The molecule has 1 aliphatic heterocycles. The SMILES string of the molecule is FC(F)(F)c1ccc(CCNc2ccc3c(c2)N[CH]N3)cc1. The van der Waals surface area contributed by atoms with Crippen LogP contribution in [-0.2, 0) is 12.6 Å². The number of benzene rings is 2. The quantitative estimate of drug-likeness (QED) is 0.787. The molecule has 0 fully saturated rings. The second-order valence-electron chi connectivity index (χ2n) is 5.06. The van der Waals surface area contributed by atoms with Gasteiger partial charge in [0.05, 0.1) is 16.9 Å². The largest absolute Gasteiger partial charge is 0.416 e. The summed E-state index contributed by atoms with van der Waals surface area (Å²) in [6.45, 7) is 2.41. The van der Waals surface area contributed by atoms with Gasteiger partial charge in [-0.2, -0.15) is 13.2 Å². The van der Waals surface area contributed by atoms with Crippen molar-refractivity contribution < 1.29 is 13.2 Å². The van der Waals surface area contributed by atoms with Gasteiger partial charge >= 0.3 is 6.18 Å². The van der Waals surface area contributed by atoms with Crippen molar-refractivity contribution in [3.05, 3.63) is 60.3 Å². The van der Waals surface area contributed by atoms with Crippen LogP contribution in [0.2, 0.25) is 0 Å². The predicted octanol–water partition coefficient (Wildman–Crippen LogP) is 4.32. The third-order valence-electron chi connectivity index (χ3n) is 3.50. The molecule has 3 rings (SSSR count). The fourth-order valence-corrected chi connectivity index (χ4v) is 2.30. The molecular formula is C16H15F3N3. The highest BCUT2D eigenvalue weighted by atomic mass is 19.4. The summed E-state index contributed by atoms with van der Waals surface area (Å²) in [6, 6.07) is 11.2. The van der Waals surface area contributed by atoms with Crippen LogP contribution in [0.1, 0.15) is 11.1 Å². The molecule has 0 atom stereocenters. The van der Waals surface area contributed by atoms with Crippen molar-refractivity contribution in [2.75, 3.05) is 22.5 Å². The third-order valence-corrected chi connectivity index (χ3v) is 3.50. The van der Waals surface area contributed by atoms with Crippen molar-refractivity contribution in [2.24, 2.45) is 0 Å². The van der Waals surface area contributed by atoms with Crippen LogP contribution < -0.4 is 16.0 Å². The van der Waals surface area contributed by atoms with E-state index in [2.05, 4.69) is 16.0 Å². The molecule has 0 aliphatic carbocycles. The van der Waals surface area contributed by atoms with Gasteiger partial charge in [-0.1, -0.05) is 12.1 Å². The minimum Gasteiger partial charge on any atom is -0.385 e. The predicted molar refractivity (Wildman–Crippen MR) is 81.6 cm³/mol. The van der Waals surface area contributed by atoms with E-state index < -0.39 is 11.7 Å². The Kier molecular flexibility index (Phi) is 3.83. The van der Waals surface area contributed by atoms with Gasteiger partial charge in [0.1, 0.15) is 6.67 Å². The molecule has 3 nitrogen and oxygen atoms in total. The summed E-state index contributed by atoms with van der Waals surface area (Å²) in [6.07, 6.45) is -3.62.